The van der Waals surface area contributed by atoms with Crippen LogP contribution in [0.5, 0.6) is 5.75 Å². The molecule has 124 valence electrons. The van der Waals surface area contributed by atoms with Crippen LogP contribution in [-0.2, 0) is 0 Å². The number of nitrogens with zero attached hydrogens (tertiary/aromatic N) is 2. The first-order chi connectivity index (χ1) is 11.1. The lowest BCUT2D eigenvalue weighted by Gasteiger charge is -2.44. The van der Waals surface area contributed by atoms with E-state index in [2.05, 4.69) is 10.2 Å². The number of amides is 1. The summed E-state index contributed by atoms with van der Waals surface area (Å²) < 4.78 is 5.24. The molecule has 0 radical (unpaired) electrons. The zero-order valence-electron chi connectivity index (χ0n) is 13.2. The number of rotatable bonds is 5. The topological polar surface area (TPSA) is 84.7 Å². The largest absolute Gasteiger partial charge is 0.487 e. The van der Waals surface area contributed by atoms with Gasteiger partial charge in [-0.2, -0.15) is 0 Å². The van der Waals surface area contributed by atoms with Gasteiger partial charge in [0, 0.05) is 24.2 Å². The van der Waals surface area contributed by atoms with Crippen LogP contribution >= 0.6 is 0 Å². The molecule has 23 heavy (non-hydrogen) atoms. The fourth-order valence-electron chi connectivity index (χ4n) is 3.46. The average Bonchev–Trinajstić information content (AvgIpc) is 2.56. The Morgan fingerprint density at radius 1 is 1.43 bits per heavy atom. The van der Waals surface area contributed by atoms with Crippen LogP contribution in [0.2, 0.25) is 0 Å². The fourth-order valence-corrected chi connectivity index (χ4v) is 3.46. The molecular formula is C16H21N3O4. The molecule has 0 aliphatic carbocycles. The summed E-state index contributed by atoms with van der Waals surface area (Å²) in [6, 6.07) is 4.50. The van der Waals surface area contributed by atoms with Crippen LogP contribution in [0.1, 0.15) is 30.1 Å². The van der Waals surface area contributed by atoms with Crippen LogP contribution in [0.4, 0.5) is 5.69 Å². The van der Waals surface area contributed by atoms with Crippen molar-refractivity contribution in [3.8, 4) is 5.75 Å². The molecule has 1 aromatic rings. The summed E-state index contributed by atoms with van der Waals surface area (Å²) >= 11 is 0. The van der Waals surface area contributed by atoms with Gasteiger partial charge in [0.15, 0.2) is 5.75 Å². The van der Waals surface area contributed by atoms with E-state index in [1.54, 1.807) is 13.0 Å². The number of fused-ring (bicyclic) bond motifs is 3. The predicted molar refractivity (Wildman–Crippen MR) is 84.7 cm³/mol. The van der Waals surface area contributed by atoms with Crippen molar-refractivity contribution in [3.63, 3.8) is 0 Å². The van der Waals surface area contributed by atoms with Crippen molar-refractivity contribution in [2.75, 3.05) is 26.2 Å². The van der Waals surface area contributed by atoms with E-state index in [-0.39, 0.29) is 23.4 Å². The van der Waals surface area contributed by atoms with Crippen molar-refractivity contribution in [1.29, 1.82) is 0 Å². The summed E-state index contributed by atoms with van der Waals surface area (Å²) in [5.74, 6) is 0.452. The molecule has 7 heteroatoms. The second kappa shape index (κ2) is 6.54. The van der Waals surface area contributed by atoms with Gasteiger partial charge in [-0.1, -0.05) is 0 Å². The third-order valence-corrected chi connectivity index (χ3v) is 4.69. The molecule has 1 atom stereocenters. The molecule has 3 aliphatic heterocycles. The molecule has 1 aromatic carbocycles. The van der Waals surface area contributed by atoms with E-state index in [1.807, 2.05) is 0 Å². The minimum Gasteiger partial charge on any atom is -0.487 e. The third kappa shape index (κ3) is 3.29. The van der Waals surface area contributed by atoms with E-state index in [0.717, 1.165) is 32.5 Å². The molecule has 1 N–H and O–H groups in total. The Labute approximate surface area is 134 Å². The molecule has 3 fully saturated rings. The van der Waals surface area contributed by atoms with Crippen molar-refractivity contribution in [1.82, 2.24) is 10.2 Å². The number of hydrogen-bond donors (Lipinski definition) is 1. The summed E-state index contributed by atoms with van der Waals surface area (Å²) in [5, 5.41) is 14.2. The molecule has 3 aliphatic rings. The Morgan fingerprint density at radius 2 is 2.17 bits per heavy atom. The maximum Gasteiger partial charge on any atom is 0.311 e. The van der Waals surface area contributed by atoms with Crippen LogP contribution in [0.3, 0.4) is 0 Å². The highest BCUT2D eigenvalue weighted by atomic mass is 16.6. The number of carbonyl (C=O) groups is 1. The Balaban J connectivity index is 1.74. The number of nitro benzene ring substituents is 1. The zero-order chi connectivity index (χ0) is 16.4. The molecule has 0 saturated carbocycles. The molecule has 7 nitrogen and oxygen atoms in total. The number of benzene rings is 1. The van der Waals surface area contributed by atoms with Crippen molar-refractivity contribution in [2.45, 2.75) is 25.8 Å². The van der Waals surface area contributed by atoms with Gasteiger partial charge in [0.2, 0.25) is 0 Å². The summed E-state index contributed by atoms with van der Waals surface area (Å²) in [6.45, 7) is 5.18. The smallest absolute Gasteiger partial charge is 0.311 e. The van der Waals surface area contributed by atoms with Gasteiger partial charge in [-0.25, -0.2) is 0 Å². The van der Waals surface area contributed by atoms with Crippen molar-refractivity contribution in [2.24, 2.45) is 5.92 Å². The van der Waals surface area contributed by atoms with Gasteiger partial charge < -0.3 is 15.0 Å². The SMILES string of the molecule is CCOc1ccc(C(=O)NC2CN3CCC2CC3)cc1[N+](=O)[O-]. The van der Waals surface area contributed by atoms with Gasteiger partial charge in [-0.3, -0.25) is 14.9 Å². The molecule has 3 saturated heterocycles. The Bertz CT molecular complexity index is 611. The standard InChI is InChI=1S/C16H21N3O4/c1-2-23-15-4-3-12(9-14(15)19(21)22)16(20)17-13-10-18-7-5-11(13)6-8-18/h3-4,9,11,13H,2,5-8,10H2,1H3,(H,17,20). The summed E-state index contributed by atoms with van der Waals surface area (Å²) in [6.07, 6.45) is 2.21. The van der Waals surface area contributed by atoms with E-state index in [9.17, 15) is 14.9 Å². The first kappa shape index (κ1) is 15.7. The third-order valence-electron chi connectivity index (χ3n) is 4.69. The van der Waals surface area contributed by atoms with Crippen molar-refractivity contribution < 1.29 is 14.5 Å². The maximum atomic E-state index is 12.4. The van der Waals surface area contributed by atoms with Gasteiger partial charge in [-0.05, 0) is 50.9 Å². The first-order valence-electron chi connectivity index (χ1n) is 8.03. The van der Waals surface area contributed by atoms with Crippen LogP contribution < -0.4 is 10.1 Å². The van der Waals surface area contributed by atoms with Crippen LogP contribution in [0, 0.1) is 16.0 Å². The molecule has 4 rings (SSSR count). The number of piperidine rings is 3. The van der Waals surface area contributed by atoms with E-state index in [1.165, 1.54) is 12.1 Å². The quantitative estimate of drug-likeness (QED) is 0.661. The minimum absolute atomic E-state index is 0.135. The molecule has 1 amide bonds. The zero-order valence-corrected chi connectivity index (χ0v) is 13.2. The second-order valence-corrected chi connectivity index (χ2v) is 6.09. The fraction of sp³-hybridized carbons (Fsp3) is 0.562. The van der Waals surface area contributed by atoms with Crippen molar-refractivity contribution >= 4 is 11.6 Å². The van der Waals surface area contributed by atoms with Crippen LogP contribution in [-0.4, -0.2) is 48.0 Å². The predicted octanol–water partition coefficient (Wildman–Crippen LogP) is 1.82. The van der Waals surface area contributed by atoms with E-state index in [4.69, 9.17) is 4.74 Å². The number of nitrogens with one attached hydrogen (secondary N) is 1. The molecule has 1 unspecified atom stereocenters. The van der Waals surface area contributed by atoms with E-state index in [0.29, 0.717) is 18.1 Å². The Hall–Kier alpha value is -2.15. The number of hydrogen-bond acceptors (Lipinski definition) is 5. The lowest BCUT2D eigenvalue weighted by molar-refractivity contribution is -0.385. The van der Waals surface area contributed by atoms with E-state index >= 15 is 0 Å². The molecule has 0 aromatic heterocycles. The van der Waals surface area contributed by atoms with Gasteiger partial charge in [-0.15, -0.1) is 0 Å². The molecule has 3 heterocycles. The van der Waals surface area contributed by atoms with Gasteiger partial charge >= 0.3 is 5.69 Å². The maximum absolute atomic E-state index is 12.4. The minimum atomic E-state index is -0.518. The highest BCUT2D eigenvalue weighted by Crippen LogP contribution is 2.30. The Morgan fingerprint density at radius 3 is 2.74 bits per heavy atom. The number of carbonyl (C=O) groups excluding carboxylic acids is 1. The molecular weight excluding hydrogens is 298 g/mol. The summed E-state index contributed by atoms with van der Waals surface area (Å²) in [5.41, 5.74) is 0.130. The van der Waals surface area contributed by atoms with E-state index < -0.39 is 4.92 Å². The lowest BCUT2D eigenvalue weighted by atomic mass is 9.84. The number of nitro groups is 1. The second-order valence-electron chi connectivity index (χ2n) is 6.09. The highest BCUT2D eigenvalue weighted by Gasteiger charge is 2.35. The highest BCUT2D eigenvalue weighted by molar-refractivity contribution is 5.95. The van der Waals surface area contributed by atoms with Gasteiger partial charge in [0.25, 0.3) is 5.91 Å². The van der Waals surface area contributed by atoms with Crippen molar-refractivity contribution in [3.05, 3.63) is 33.9 Å². The lowest BCUT2D eigenvalue weighted by Crippen LogP contribution is -2.57. The molecule has 0 spiro atoms. The summed E-state index contributed by atoms with van der Waals surface area (Å²) in [4.78, 5) is 25.4. The average molecular weight is 319 g/mol. The first-order valence-corrected chi connectivity index (χ1v) is 8.03. The van der Waals surface area contributed by atoms with Crippen LogP contribution in [0.25, 0.3) is 0 Å². The summed E-state index contributed by atoms with van der Waals surface area (Å²) in [7, 11) is 0. The monoisotopic (exact) mass is 319 g/mol. The Kier molecular flexibility index (Phi) is 4.47. The van der Waals surface area contributed by atoms with Gasteiger partial charge in [0.05, 0.1) is 11.5 Å². The number of ether oxygens (including phenoxy) is 1. The molecule has 2 bridgehead atoms. The van der Waals surface area contributed by atoms with Crippen LogP contribution in [0.15, 0.2) is 18.2 Å². The van der Waals surface area contributed by atoms with Gasteiger partial charge in [0.1, 0.15) is 0 Å². The normalized spacial score (nSPS) is 25.9.